The summed E-state index contributed by atoms with van der Waals surface area (Å²) in [4.78, 5) is 21.4. The maximum absolute atomic E-state index is 14.4. The molecule has 0 saturated heterocycles. The minimum Gasteiger partial charge on any atom is -0.494 e. The number of likely N-dealkylation sites (N-methyl/N-ethyl adjacent to an activating group) is 1. The van der Waals surface area contributed by atoms with Gasteiger partial charge in [-0.1, -0.05) is 37.3 Å². The number of anilines is 1. The van der Waals surface area contributed by atoms with Crippen molar-refractivity contribution in [3.63, 3.8) is 0 Å². The van der Waals surface area contributed by atoms with Gasteiger partial charge in [0.2, 0.25) is 0 Å². The van der Waals surface area contributed by atoms with Crippen LogP contribution in [0.2, 0.25) is 0 Å². The SMILES string of the molecule is CCN(CC)CCN(C(=O)c1c(F)cccc1F)c1nc2c(OC)ccc(C)c2s1.Cl. The van der Waals surface area contributed by atoms with Crippen LogP contribution in [0.3, 0.4) is 0 Å². The number of carbonyl (C=O) groups excluding carboxylic acids is 1. The number of thiazole rings is 1. The molecule has 168 valence electrons. The fourth-order valence-electron chi connectivity index (χ4n) is 3.28. The molecular weight excluding hydrogens is 444 g/mol. The smallest absolute Gasteiger partial charge is 0.266 e. The number of nitrogens with zero attached hydrogens (tertiary/aromatic N) is 3. The van der Waals surface area contributed by atoms with E-state index in [4.69, 9.17) is 4.74 Å². The minimum atomic E-state index is -0.886. The normalized spacial score (nSPS) is 10.9. The number of hydrogen-bond acceptors (Lipinski definition) is 5. The van der Waals surface area contributed by atoms with E-state index in [1.165, 1.54) is 22.3 Å². The van der Waals surface area contributed by atoms with Crippen LogP contribution in [0.15, 0.2) is 30.3 Å². The average molecular weight is 470 g/mol. The van der Waals surface area contributed by atoms with Crippen LogP contribution in [-0.2, 0) is 0 Å². The molecule has 3 rings (SSSR count). The first kappa shape index (κ1) is 25.0. The maximum Gasteiger partial charge on any atom is 0.266 e. The van der Waals surface area contributed by atoms with Gasteiger partial charge in [-0.25, -0.2) is 13.8 Å². The lowest BCUT2D eigenvalue weighted by Gasteiger charge is -2.25. The van der Waals surface area contributed by atoms with Gasteiger partial charge in [-0.05, 0) is 43.8 Å². The molecule has 0 aliphatic rings. The van der Waals surface area contributed by atoms with Crippen LogP contribution in [0.25, 0.3) is 10.2 Å². The van der Waals surface area contributed by atoms with E-state index in [1.54, 1.807) is 7.11 Å². The number of amides is 1. The molecule has 0 saturated carbocycles. The first-order chi connectivity index (χ1) is 14.4. The van der Waals surface area contributed by atoms with Crippen molar-refractivity contribution < 1.29 is 18.3 Å². The van der Waals surface area contributed by atoms with Crippen molar-refractivity contribution in [1.29, 1.82) is 0 Å². The Morgan fingerprint density at radius 3 is 2.32 bits per heavy atom. The first-order valence-electron chi connectivity index (χ1n) is 9.83. The van der Waals surface area contributed by atoms with Gasteiger partial charge in [0.1, 0.15) is 28.5 Å². The van der Waals surface area contributed by atoms with Crippen molar-refractivity contribution in [2.45, 2.75) is 20.8 Å². The number of carbonyl (C=O) groups is 1. The predicted octanol–water partition coefficient (Wildman–Crippen LogP) is 5.30. The fraction of sp³-hybridized carbons (Fsp3) is 0.364. The summed E-state index contributed by atoms with van der Waals surface area (Å²) in [5, 5.41) is 0.386. The third-order valence-corrected chi connectivity index (χ3v) is 6.31. The molecule has 2 aromatic carbocycles. The highest BCUT2D eigenvalue weighted by atomic mass is 35.5. The summed E-state index contributed by atoms with van der Waals surface area (Å²) in [6.07, 6.45) is 0. The molecule has 1 heterocycles. The van der Waals surface area contributed by atoms with Crippen molar-refractivity contribution in [2.75, 3.05) is 38.2 Å². The van der Waals surface area contributed by atoms with Crippen LogP contribution in [0.1, 0.15) is 29.8 Å². The third-order valence-electron chi connectivity index (χ3n) is 5.10. The summed E-state index contributed by atoms with van der Waals surface area (Å²) in [7, 11) is 1.56. The van der Waals surface area contributed by atoms with Crippen molar-refractivity contribution in [3.8, 4) is 5.75 Å². The van der Waals surface area contributed by atoms with Gasteiger partial charge in [0.25, 0.3) is 5.91 Å². The molecule has 1 amide bonds. The number of fused-ring (bicyclic) bond motifs is 1. The van der Waals surface area contributed by atoms with Gasteiger partial charge in [0, 0.05) is 13.1 Å². The molecule has 0 aliphatic heterocycles. The van der Waals surface area contributed by atoms with Gasteiger partial charge in [-0.15, -0.1) is 12.4 Å². The Bertz CT molecular complexity index is 1040. The van der Waals surface area contributed by atoms with E-state index in [-0.39, 0.29) is 19.0 Å². The zero-order valence-electron chi connectivity index (χ0n) is 17.9. The van der Waals surface area contributed by atoms with E-state index < -0.39 is 23.1 Å². The number of halogens is 3. The molecular formula is C22H26ClF2N3O2S. The molecule has 0 bridgehead atoms. The van der Waals surface area contributed by atoms with Crippen LogP contribution in [0, 0.1) is 18.6 Å². The summed E-state index contributed by atoms with van der Waals surface area (Å²) in [6, 6.07) is 7.16. The van der Waals surface area contributed by atoms with Gasteiger partial charge in [-0.3, -0.25) is 9.69 Å². The topological polar surface area (TPSA) is 45.7 Å². The summed E-state index contributed by atoms with van der Waals surface area (Å²) < 4.78 is 35.0. The first-order valence-corrected chi connectivity index (χ1v) is 10.6. The van der Waals surface area contributed by atoms with Gasteiger partial charge < -0.3 is 9.64 Å². The molecule has 0 unspecified atom stereocenters. The number of hydrogen-bond donors (Lipinski definition) is 0. The van der Waals surface area contributed by atoms with Crippen LogP contribution in [-0.4, -0.2) is 49.1 Å². The minimum absolute atomic E-state index is 0. The monoisotopic (exact) mass is 469 g/mol. The quantitative estimate of drug-likeness (QED) is 0.449. The number of aromatic nitrogens is 1. The maximum atomic E-state index is 14.4. The van der Waals surface area contributed by atoms with E-state index in [0.717, 1.165) is 35.5 Å². The van der Waals surface area contributed by atoms with Gasteiger partial charge in [0.15, 0.2) is 5.13 Å². The lowest BCUT2D eigenvalue weighted by molar-refractivity contribution is 0.0975. The second kappa shape index (κ2) is 10.8. The molecule has 9 heteroatoms. The Morgan fingerprint density at radius 2 is 1.74 bits per heavy atom. The van der Waals surface area contributed by atoms with Crippen LogP contribution < -0.4 is 9.64 Å². The summed E-state index contributed by atoms with van der Waals surface area (Å²) in [5.41, 5.74) is 1.05. The number of methoxy groups -OCH3 is 1. The average Bonchev–Trinajstić information content (AvgIpc) is 3.17. The highest BCUT2D eigenvalue weighted by molar-refractivity contribution is 7.22. The Hall–Kier alpha value is -2.29. The third kappa shape index (κ3) is 5.14. The molecule has 0 aliphatic carbocycles. The highest BCUT2D eigenvalue weighted by Gasteiger charge is 2.27. The van der Waals surface area contributed by atoms with Crippen molar-refractivity contribution in [1.82, 2.24) is 9.88 Å². The van der Waals surface area contributed by atoms with Gasteiger partial charge in [0.05, 0.1) is 11.8 Å². The van der Waals surface area contributed by atoms with E-state index in [2.05, 4.69) is 9.88 Å². The van der Waals surface area contributed by atoms with Gasteiger partial charge >= 0.3 is 0 Å². The Kier molecular flexibility index (Phi) is 8.73. The van der Waals surface area contributed by atoms with Crippen LogP contribution >= 0.6 is 23.7 Å². The highest BCUT2D eigenvalue weighted by Crippen LogP contribution is 2.37. The largest absolute Gasteiger partial charge is 0.494 e. The second-order valence-corrected chi connectivity index (χ2v) is 7.82. The Morgan fingerprint density at radius 1 is 1.10 bits per heavy atom. The van der Waals surface area contributed by atoms with Crippen molar-refractivity contribution in [2.24, 2.45) is 0 Å². The zero-order chi connectivity index (χ0) is 21.8. The number of ether oxygens (including phenoxy) is 1. The molecule has 0 fully saturated rings. The lowest BCUT2D eigenvalue weighted by Crippen LogP contribution is -2.39. The van der Waals surface area contributed by atoms with E-state index in [1.807, 2.05) is 32.9 Å². The number of aryl methyl sites for hydroxylation is 1. The summed E-state index contributed by atoms with van der Waals surface area (Å²) in [5.74, 6) is -1.93. The van der Waals surface area contributed by atoms with Crippen LogP contribution in [0.4, 0.5) is 13.9 Å². The Labute approximate surface area is 191 Å². The molecule has 1 aromatic heterocycles. The summed E-state index contributed by atoms with van der Waals surface area (Å²) in [6.45, 7) is 8.42. The Balaban J connectivity index is 0.00000341. The standard InChI is InChI=1S/C22H25F2N3O2S.ClH/c1-5-26(6-2)12-13-27(21(28)18-15(23)8-7-9-16(18)24)22-25-19-17(29-4)11-10-14(3)20(19)30-22;/h7-11H,5-6,12-13H2,1-4H3;1H. The van der Waals surface area contributed by atoms with Gasteiger partial charge in [-0.2, -0.15) is 0 Å². The molecule has 0 spiro atoms. The molecule has 0 radical (unpaired) electrons. The number of benzene rings is 2. The second-order valence-electron chi connectivity index (χ2n) is 6.84. The number of rotatable bonds is 8. The van der Waals surface area contributed by atoms with E-state index >= 15 is 0 Å². The molecule has 5 nitrogen and oxygen atoms in total. The molecule has 3 aromatic rings. The van der Waals surface area contributed by atoms with E-state index in [9.17, 15) is 13.6 Å². The zero-order valence-corrected chi connectivity index (χ0v) is 19.6. The predicted molar refractivity (Wildman–Crippen MR) is 124 cm³/mol. The van der Waals surface area contributed by atoms with Crippen molar-refractivity contribution in [3.05, 3.63) is 53.1 Å². The molecule has 0 atom stereocenters. The summed E-state index contributed by atoms with van der Waals surface area (Å²) >= 11 is 1.31. The van der Waals surface area contributed by atoms with E-state index in [0.29, 0.717) is 22.9 Å². The molecule has 31 heavy (non-hydrogen) atoms. The van der Waals surface area contributed by atoms with Crippen molar-refractivity contribution >= 4 is 45.0 Å². The lowest BCUT2D eigenvalue weighted by atomic mass is 10.1. The van der Waals surface area contributed by atoms with Crippen LogP contribution in [0.5, 0.6) is 5.75 Å². The molecule has 0 N–H and O–H groups in total. The fourth-order valence-corrected chi connectivity index (χ4v) is 4.36.